The zero-order chi connectivity index (χ0) is 14.8. The molecule has 1 fully saturated rings. The van der Waals surface area contributed by atoms with Crippen molar-refractivity contribution in [3.63, 3.8) is 0 Å². The first-order valence-electron chi connectivity index (χ1n) is 6.94. The summed E-state index contributed by atoms with van der Waals surface area (Å²) in [7, 11) is 0. The number of carbonyl (C=O) groups is 1. The summed E-state index contributed by atoms with van der Waals surface area (Å²) in [6.45, 7) is 5.57. The van der Waals surface area contributed by atoms with Crippen molar-refractivity contribution in [1.29, 1.82) is 0 Å². The van der Waals surface area contributed by atoms with Gasteiger partial charge in [-0.3, -0.25) is 4.79 Å². The molecule has 1 amide bonds. The molecule has 0 spiro atoms. The van der Waals surface area contributed by atoms with Gasteiger partial charge in [-0.2, -0.15) is 4.98 Å². The molecule has 1 aromatic heterocycles. The summed E-state index contributed by atoms with van der Waals surface area (Å²) in [6.07, 6.45) is 0. The smallest absolute Gasteiger partial charge is 0.257 e. The van der Waals surface area contributed by atoms with Crippen molar-refractivity contribution in [3.8, 4) is 11.5 Å². The van der Waals surface area contributed by atoms with E-state index >= 15 is 0 Å². The highest BCUT2D eigenvalue weighted by atomic mass is 16.5. The van der Waals surface area contributed by atoms with Gasteiger partial charge in [-0.05, 0) is 38.1 Å². The lowest BCUT2D eigenvalue weighted by atomic mass is 10.1. The molecule has 3 rings (SSSR count). The number of rotatable bonds is 2. The molecule has 1 aliphatic heterocycles. The third-order valence-electron chi connectivity index (χ3n) is 3.53. The van der Waals surface area contributed by atoms with E-state index in [-0.39, 0.29) is 11.9 Å². The van der Waals surface area contributed by atoms with Crippen LogP contribution in [0.3, 0.4) is 0 Å². The Hall–Kier alpha value is -2.21. The van der Waals surface area contributed by atoms with Gasteiger partial charge in [-0.15, -0.1) is 0 Å². The first-order chi connectivity index (χ1) is 10.1. The Labute approximate surface area is 122 Å². The van der Waals surface area contributed by atoms with E-state index in [4.69, 9.17) is 9.26 Å². The van der Waals surface area contributed by atoms with Gasteiger partial charge in [-0.1, -0.05) is 5.16 Å². The average molecular weight is 287 g/mol. The number of benzene rings is 1. The normalized spacial score (nSPS) is 18.8. The van der Waals surface area contributed by atoms with Crippen LogP contribution in [0.1, 0.15) is 23.1 Å². The highest BCUT2D eigenvalue weighted by molar-refractivity contribution is 5.94. The minimum absolute atomic E-state index is 0.0269. The quantitative estimate of drug-likeness (QED) is 0.844. The molecule has 6 nitrogen and oxygen atoms in total. The molecule has 1 aliphatic rings. The SMILES string of the molecule is Cc1noc(-c2ccc(C(=O)N3CCOCC3C)cc2)n1. The van der Waals surface area contributed by atoms with E-state index in [9.17, 15) is 4.79 Å². The summed E-state index contributed by atoms with van der Waals surface area (Å²) in [5, 5.41) is 3.76. The molecule has 1 aromatic carbocycles. The largest absolute Gasteiger partial charge is 0.377 e. The fourth-order valence-corrected chi connectivity index (χ4v) is 2.36. The van der Waals surface area contributed by atoms with Crippen LogP contribution in [0.25, 0.3) is 11.5 Å². The second-order valence-electron chi connectivity index (χ2n) is 5.15. The van der Waals surface area contributed by atoms with Crippen LogP contribution in [0, 0.1) is 6.92 Å². The Morgan fingerprint density at radius 2 is 2.10 bits per heavy atom. The van der Waals surface area contributed by atoms with Gasteiger partial charge in [0.2, 0.25) is 0 Å². The maximum atomic E-state index is 12.5. The third-order valence-corrected chi connectivity index (χ3v) is 3.53. The maximum Gasteiger partial charge on any atom is 0.257 e. The van der Waals surface area contributed by atoms with Crippen LogP contribution in [0.15, 0.2) is 28.8 Å². The van der Waals surface area contributed by atoms with Gasteiger partial charge in [0.1, 0.15) is 0 Å². The van der Waals surface area contributed by atoms with Gasteiger partial charge in [0.15, 0.2) is 5.82 Å². The summed E-state index contributed by atoms with van der Waals surface area (Å²) >= 11 is 0. The summed E-state index contributed by atoms with van der Waals surface area (Å²) in [5.74, 6) is 1.08. The Balaban J connectivity index is 1.79. The molecule has 2 heterocycles. The van der Waals surface area contributed by atoms with Gasteiger partial charge in [0.25, 0.3) is 11.8 Å². The number of carbonyl (C=O) groups excluding carboxylic acids is 1. The maximum absolute atomic E-state index is 12.5. The summed E-state index contributed by atoms with van der Waals surface area (Å²) in [6, 6.07) is 7.33. The lowest BCUT2D eigenvalue weighted by Crippen LogP contribution is -2.47. The van der Waals surface area contributed by atoms with E-state index in [1.54, 1.807) is 19.1 Å². The highest BCUT2D eigenvalue weighted by Gasteiger charge is 2.24. The van der Waals surface area contributed by atoms with Crippen molar-refractivity contribution in [3.05, 3.63) is 35.7 Å². The topological polar surface area (TPSA) is 68.5 Å². The molecule has 1 atom stereocenters. The van der Waals surface area contributed by atoms with Crippen LogP contribution < -0.4 is 0 Å². The fraction of sp³-hybridized carbons (Fsp3) is 0.400. The van der Waals surface area contributed by atoms with E-state index in [2.05, 4.69) is 10.1 Å². The van der Waals surface area contributed by atoms with Gasteiger partial charge in [0.05, 0.1) is 19.3 Å². The minimum Gasteiger partial charge on any atom is -0.377 e. The fourth-order valence-electron chi connectivity index (χ4n) is 2.36. The van der Waals surface area contributed by atoms with Gasteiger partial charge in [0, 0.05) is 17.7 Å². The minimum atomic E-state index is 0.0269. The second-order valence-corrected chi connectivity index (χ2v) is 5.15. The Morgan fingerprint density at radius 3 is 2.71 bits per heavy atom. The Kier molecular flexibility index (Phi) is 3.70. The molecular formula is C15H17N3O3. The molecule has 0 N–H and O–H groups in total. The molecule has 0 bridgehead atoms. The number of aromatic nitrogens is 2. The molecule has 1 saturated heterocycles. The van der Waals surface area contributed by atoms with Crippen molar-refractivity contribution in [2.45, 2.75) is 19.9 Å². The van der Waals surface area contributed by atoms with Crippen LogP contribution in [0.2, 0.25) is 0 Å². The zero-order valence-corrected chi connectivity index (χ0v) is 12.1. The van der Waals surface area contributed by atoms with E-state index in [1.165, 1.54) is 0 Å². The van der Waals surface area contributed by atoms with Gasteiger partial charge >= 0.3 is 0 Å². The highest BCUT2D eigenvalue weighted by Crippen LogP contribution is 2.19. The van der Waals surface area contributed by atoms with Crippen LogP contribution in [0.4, 0.5) is 0 Å². The summed E-state index contributed by atoms with van der Waals surface area (Å²) in [5.41, 5.74) is 1.46. The molecule has 21 heavy (non-hydrogen) atoms. The van der Waals surface area contributed by atoms with Crippen LogP contribution in [-0.2, 0) is 4.74 Å². The molecular weight excluding hydrogens is 270 g/mol. The Morgan fingerprint density at radius 1 is 1.33 bits per heavy atom. The lowest BCUT2D eigenvalue weighted by Gasteiger charge is -2.33. The monoisotopic (exact) mass is 287 g/mol. The lowest BCUT2D eigenvalue weighted by molar-refractivity contribution is 0.00359. The standard InChI is InChI=1S/C15H17N3O3/c1-10-9-20-8-7-18(10)15(19)13-5-3-12(4-6-13)14-16-11(2)17-21-14/h3-6,10H,7-9H2,1-2H3. The first kappa shape index (κ1) is 13.8. The van der Waals surface area contributed by atoms with E-state index < -0.39 is 0 Å². The molecule has 0 saturated carbocycles. The predicted molar refractivity (Wildman–Crippen MR) is 75.8 cm³/mol. The number of hydrogen-bond donors (Lipinski definition) is 0. The van der Waals surface area contributed by atoms with Crippen molar-refractivity contribution < 1.29 is 14.1 Å². The van der Waals surface area contributed by atoms with E-state index in [0.29, 0.717) is 37.0 Å². The van der Waals surface area contributed by atoms with Crippen molar-refractivity contribution >= 4 is 5.91 Å². The van der Waals surface area contributed by atoms with Crippen LogP contribution >= 0.6 is 0 Å². The van der Waals surface area contributed by atoms with Gasteiger partial charge < -0.3 is 14.2 Å². The summed E-state index contributed by atoms with van der Waals surface area (Å²) in [4.78, 5) is 18.5. The average Bonchev–Trinajstić information content (AvgIpc) is 2.94. The van der Waals surface area contributed by atoms with Crippen LogP contribution in [-0.4, -0.2) is 46.7 Å². The van der Waals surface area contributed by atoms with E-state index in [0.717, 1.165) is 5.56 Å². The third kappa shape index (κ3) is 2.80. The molecule has 0 aliphatic carbocycles. The molecule has 6 heteroatoms. The van der Waals surface area contributed by atoms with Crippen LogP contribution in [0.5, 0.6) is 0 Å². The number of hydrogen-bond acceptors (Lipinski definition) is 5. The molecule has 1 unspecified atom stereocenters. The number of amides is 1. The number of nitrogens with zero attached hydrogens (tertiary/aromatic N) is 3. The Bertz CT molecular complexity index is 636. The van der Waals surface area contributed by atoms with Crippen molar-refractivity contribution in [2.75, 3.05) is 19.8 Å². The van der Waals surface area contributed by atoms with Crippen molar-refractivity contribution in [2.24, 2.45) is 0 Å². The zero-order valence-electron chi connectivity index (χ0n) is 12.1. The molecule has 110 valence electrons. The second kappa shape index (κ2) is 5.65. The molecule has 2 aromatic rings. The van der Waals surface area contributed by atoms with Gasteiger partial charge in [-0.25, -0.2) is 0 Å². The molecule has 0 radical (unpaired) electrons. The number of ether oxygens (including phenoxy) is 1. The number of morpholine rings is 1. The summed E-state index contributed by atoms with van der Waals surface area (Å²) < 4.78 is 10.5. The van der Waals surface area contributed by atoms with Crippen molar-refractivity contribution in [1.82, 2.24) is 15.0 Å². The first-order valence-corrected chi connectivity index (χ1v) is 6.94. The van der Waals surface area contributed by atoms with E-state index in [1.807, 2.05) is 24.0 Å². The predicted octanol–water partition coefficient (Wildman–Crippen LogP) is 1.91. The number of aryl methyl sites for hydroxylation is 1.